The summed E-state index contributed by atoms with van der Waals surface area (Å²) in [4.78, 5) is 11.0. The number of rotatable bonds is 9. The molecule has 0 aromatic heterocycles. The van der Waals surface area contributed by atoms with Crippen LogP contribution in [0, 0.1) is 23.1 Å². The molecule has 2 aromatic rings. The van der Waals surface area contributed by atoms with Crippen LogP contribution in [-0.4, -0.2) is 24.3 Å². The number of aliphatic carboxylic acids is 1. The van der Waals surface area contributed by atoms with E-state index in [2.05, 4.69) is 11.8 Å². The van der Waals surface area contributed by atoms with Gasteiger partial charge in [-0.05, 0) is 49.6 Å². The zero-order chi connectivity index (χ0) is 20.0. The van der Waals surface area contributed by atoms with Crippen molar-refractivity contribution in [1.29, 1.82) is 0 Å². The molecule has 1 atom stereocenters. The van der Waals surface area contributed by atoms with E-state index in [4.69, 9.17) is 14.6 Å². The molecule has 1 saturated carbocycles. The fourth-order valence-corrected chi connectivity index (χ4v) is 2.93. The number of ether oxygens (including phenoxy) is 2. The molecule has 146 valence electrons. The first-order chi connectivity index (χ1) is 13.5. The van der Waals surface area contributed by atoms with Gasteiger partial charge >= 0.3 is 5.97 Å². The number of carbonyl (C=O) groups is 1. The Bertz CT molecular complexity index is 875. The van der Waals surface area contributed by atoms with E-state index in [1.54, 1.807) is 25.1 Å². The average Bonchev–Trinajstić information content (AvgIpc) is 3.46. The number of para-hydroxylation sites is 1. The fourth-order valence-electron chi connectivity index (χ4n) is 2.93. The quantitative estimate of drug-likeness (QED) is 0.642. The third kappa shape index (κ3) is 5.26. The van der Waals surface area contributed by atoms with Crippen LogP contribution in [0.25, 0.3) is 0 Å². The molecule has 5 heteroatoms. The second-order valence-electron chi connectivity index (χ2n) is 7.12. The minimum atomic E-state index is -0.876. The molecule has 1 fully saturated rings. The van der Waals surface area contributed by atoms with Gasteiger partial charge in [-0.2, -0.15) is 0 Å². The van der Waals surface area contributed by atoms with Gasteiger partial charge in [0, 0.05) is 5.41 Å². The second kappa shape index (κ2) is 8.79. The highest BCUT2D eigenvalue weighted by molar-refractivity contribution is 5.69. The van der Waals surface area contributed by atoms with Crippen molar-refractivity contribution < 1.29 is 23.8 Å². The van der Waals surface area contributed by atoms with Crippen LogP contribution < -0.4 is 9.47 Å². The van der Waals surface area contributed by atoms with Crippen LogP contribution in [-0.2, 0) is 4.79 Å². The zero-order valence-corrected chi connectivity index (χ0v) is 15.8. The molecule has 0 heterocycles. The van der Waals surface area contributed by atoms with Gasteiger partial charge < -0.3 is 14.6 Å². The van der Waals surface area contributed by atoms with Gasteiger partial charge in [0.25, 0.3) is 0 Å². The molecule has 4 nitrogen and oxygen atoms in total. The van der Waals surface area contributed by atoms with E-state index < -0.39 is 5.97 Å². The number of carboxylic acids is 1. The van der Waals surface area contributed by atoms with Crippen LogP contribution >= 0.6 is 0 Å². The Morgan fingerprint density at radius 2 is 1.82 bits per heavy atom. The average molecular weight is 382 g/mol. The zero-order valence-electron chi connectivity index (χ0n) is 15.8. The molecule has 0 spiro atoms. The number of carboxylic acid groups (broad SMARTS) is 1. The van der Waals surface area contributed by atoms with E-state index in [-0.39, 0.29) is 29.3 Å². The van der Waals surface area contributed by atoms with Crippen LogP contribution in [0.5, 0.6) is 11.5 Å². The van der Waals surface area contributed by atoms with E-state index in [0.29, 0.717) is 19.0 Å². The van der Waals surface area contributed by atoms with Crippen LogP contribution in [0.4, 0.5) is 4.39 Å². The summed E-state index contributed by atoms with van der Waals surface area (Å²) in [6.45, 7) is 2.61. The Kier molecular flexibility index (Phi) is 6.20. The van der Waals surface area contributed by atoms with Gasteiger partial charge in [-0.25, -0.2) is 4.39 Å². The molecule has 0 aliphatic heterocycles. The lowest BCUT2D eigenvalue weighted by Gasteiger charge is -2.18. The minimum absolute atomic E-state index is 0.0302. The Morgan fingerprint density at radius 3 is 2.43 bits per heavy atom. The monoisotopic (exact) mass is 382 g/mol. The van der Waals surface area contributed by atoms with E-state index in [0.717, 1.165) is 18.4 Å². The van der Waals surface area contributed by atoms with Crippen molar-refractivity contribution in [3.8, 4) is 23.3 Å². The fraction of sp³-hybridized carbons (Fsp3) is 0.348. The van der Waals surface area contributed by atoms with Gasteiger partial charge in [0.05, 0.1) is 25.6 Å². The summed E-state index contributed by atoms with van der Waals surface area (Å²) in [6.07, 6.45) is 1.93. The predicted octanol–water partition coefficient (Wildman–Crippen LogP) is 4.65. The van der Waals surface area contributed by atoms with Crippen molar-refractivity contribution in [2.24, 2.45) is 5.41 Å². The van der Waals surface area contributed by atoms with Crippen molar-refractivity contribution in [1.82, 2.24) is 0 Å². The predicted molar refractivity (Wildman–Crippen MR) is 104 cm³/mol. The van der Waals surface area contributed by atoms with Gasteiger partial charge in [-0.15, -0.1) is 5.92 Å². The third-order valence-corrected chi connectivity index (χ3v) is 4.85. The minimum Gasteiger partial charge on any atom is -0.493 e. The molecular formula is C23H23FO4. The molecule has 2 aromatic carbocycles. The van der Waals surface area contributed by atoms with Crippen LogP contribution in [0.1, 0.15) is 37.7 Å². The Balaban J connectivity index is 1.55. The van der Waals surface area contributed by atoms with Crippen molar-refractivity contribution >= 4 is 5.97 Å². The van der Waals surface area contributed by atoms with Crippen LogP contribution in [0.2, 0.25) is 0 Å². The maximum atomic E-state index is 13.7. The van der Waals surface area contributed by atoms with E-state index >= 15 is 0 Å². The highest BCUT2D eigenvalue weighted by atomic mass is 19.1. The number of halogens is 1. The molecule has 28 heavy (non-hydrogen) atoms. The Labute approximate surface area is 164 Å². The normalized spacial score (nSPS) is 15.1. The van der Waals surface area contributed by atoms with Crippen molar-refractivity contribution in [3.05, 3.63) is 59.9 Å². The summed E-state index contributed by atoms with van der Waals surface area (Å²) in [5.41, 5.74) is 0.772. The number of hydrogen-bond donors (Lipinski definition) is 1. The molecule has 1 unspecified atom stereocenters. The topological polar surface area (TPSA) is 55.8 Å². The highest BCUT2D eigenvalue weighted by Crippen LogP contribution is 2.46. The van der Waals surface area contributed by atoms with Crippen LogP contribution in [0.3, 0.4) is 0 Å². The Hall–Kier alpha value is -3.00. The van der Waals surface area contributed by atoms with Gasteiger partial charge in [-0.3, -0.25) is 4.79 Å². The van der Waals surface area contributed by atoms with E-state index in [9.17, 15) is 9.18 Å². The standard InChI is InChI=1S/C23H23FO4/c1-2-5-18(14-22(25)26)17-8-10-19(11-9-17)27-15-23(12-13-23)16-28-21-7-4-3-6-20(21)24/h3-4,6-11,18H,12-16H2,1H3,(H,25,26). The largest absolute Gasteiger partial charge is 0.493 e. The van der Waals surface area contributed by atoms with Gasteiger partial charge in [0.2, 0.25) is 0 Å². The van der Waals surface area contributed by atoms with Crippen molar-refractivity contribution in [3.63, 3.8) is 0 Å². The molecule has 1 aliphatic rings. The summed E-state index contributed by atoms with van der Waals surface area (Å²) >= 11 is 0. The first-order valence-corrected chi connectivity index (χ1v) is 9.25. The molecule has 0 saturated heterocycles. The molecule has 0 amide bonds. The smallest absolute Gasteiger partial charge is 0.304 e. The first-order valence-electron chi connectivity index (χ1n) is 9.25. The molecule has 0 radical (unpaired) electrons. The van der Waals surface area contributed by atoms with Crippen molar-refractivity contribution in [2.75, 3.05) is 13.2 Å². The second-order valence-corrected chi connectivity index (χ2v) is 7.12. The summed E-state index contributed by atoms with van der Waals surface area (Å²) in [7, 11) is 0. The summed E-state index contributed by atoms with van der Waals surface area (Å²) in [5, 5.41) is 9.03. The van der Waals surface area contributed by atoms with Crippen molar-refractivity contribution in [2.45, 2.75) is 32.1 Å². The maximum absolute atomic E-state index is 13.7. The maximum Gasteiger partial charge on any atom is 0.304 e. The first kappa shape index (κ1) is 19.8. The lowest BCUT2D eigenvalue weighted by atomic mass is 9.96. The molecule has 3 rings (SSSR count). The Morgan fingerprint density at radius 1 is 1.14 bits per heavy atom. The SMILES string of the molecule is CC#CC(CC(=O)O)c1ccc(OCC2(COc3ccccc3F)CC2)cc1. The summed E-state index contributed by atoms with van der Waals surface area (Å²) in [5.74, 6) is 5.12. The number of benzene rings is 2. The number of hydrogen-bond acceptors (Lipinski definition) is 3. The van der Waals surface area contributed by atoms with Gasteiger partial charge in [-0.1, -0.05) is 30.2 Å². The molecule has 0 bridgehead atoms. The lowest BCUT2D eigenvalue weighted by molar-refractivity contribution is -0.137. The lowest BCUT2D eigenvalue weighted by Crippen LogP contribution is -2.21. The van der Waals surface area contributed by atoms with Crippen LogP contribution in [0.15, 0.2) is 48.5 Å². The third-order valence-electron chi connectivity index (χ3n) is 4.85. The van der Waals surface area contributed by atoms with E-state index in [1.165, 1.54) is 6.07 Å². The summed E-state index contributed by atoms with van der Waals surface area (Å²) < 4.78 is 25.2. The molecule has 1 aliphatic carbocycles. The van der Waals surface area contributed by atoms with E-state index in [1.807, 2.05) is 24.3 Å². The molecular weight excluding hydrogens is 359 g/mol. The van der Waals surface area contributed by atoms with Gasteiger partial charge in [0.1, 0.15) is 5.75 Å². The van der Waals surface area contributed by atoms with Gasteiger partial charge in [0.15, 0.2) is 11.6 Å². The molecule has 1 N–H and O–H groups in total. The highest BCUT2D eigenvalue weighted by Gasteiger charge is 2.44. The summed E-state index contributed by atoms with van der Waals surface area (Å²) in [6, 6.07) is 13.7.